The minimum absolute atomic E-state index is 0.0782. The molecule has 2 aliphatic heterocycles. The van der Waals surface area contributed by atoms with Gasteiger partial charge in [-0.1, -0.05) is 0 Å². The fourth-order valence-corrected chi connectivity index (χ4v) is 3.25. The highest BCUT2D eigenvalue weighted by Gasteiger charge is 2.32. The Kier molecular flexibility index (Phi) is 4.62. The Bertz CT molecular complexity index is 741. The Morgan fingerprint density at radius 3 is 2.62 bits per heavy atom. The van der Waals surface area contributed by atoms with E-state index in [1.165, 1.54) is 17.0 Å². The molecular formula is C17H18FN3O2S. The van der Waals surface area contributed by atoms with Crippen molar-refractivity contribution in [3.05, 3.63) is 35.2 Å². The van der Waals surface area contributed by atoms with Gasteiger partial charge in [-0.05, 0) is 56.3 Å². The fourth-order valence-electron chi connectivity index (χ4n) is 2.94. The second-order valence-corrected chi connectivity index (χ2v) is 6.15. The van der Waals surface area contributed by atoms with Crippen LogP contribution in [0.2, 0.25) is 0 Å². The number of carbonyl (C=O) groups is 2. The monoisotopic (exact) mass is 347 g/mol. The molecule has 0 bridgehead atoms. The van der Waals surface area contributed by atoms with Crippen molar-refractivity contribution in [3.8, 4) is 0 Å². The molecule has 2 heterocycles. The van der Waals surface area contributed by atoms with Crippen LogP contribution in [-0.4, -0.2) is 41.5 Å². The number of benzene rings is 1. The number of nitrogens with one attached hydrogen (secondary N) is 1. The summed E-state index contributed by atoms with van der Waals surface area (Å²) in [5, 5.41) is 2.53. The van der Waals surface area contributed by atoms with Gasteiger partial charge in [-0.15, -0.1) is 0 Å². The first-order valence-electron chi connectivity index (χ1n) is 7.94. The molecule has 0 spiro atoms. The maximum absolute atomic E-state index is 14.4. The molecule has 2 amide bonds. The summed E-state index contributed by atoms with van der Waals surface area (Å²) < 4.78 is 14.4. The average Bonchev–Trinajstić information content (AvgIpc) is 3.07. The van der Waals surface area contributed by atoms with Gasteiger partial charge in [0, 0.05) is 30.9 Å². The van der Waals surface area contributed by atoms with Crippen LogP contribution in [0.1, 0.15) is 25.3 Å². The molecule has 126 valence electrons. The van der Waals surface area contributed by atoms with E-state index in [-0.39, 0.29) is 16.2 Å². The highest BCUT2D eigenvalue weighted by atomic mass is 32.1. The number of hydrogen-bond donors (Lipinski definition) is 1. The minimum Gasteiger partial charge on any atom is -0.371 e. The van der Waals surface area contributed by atoms with Gasteiger partial charge in [0.2, 0.25) is 0 Å². The van der Waals surface area contributed by atoms with Gasteiger partial charge in [0.1, 0.15) is 11.4 Å². The van der Waals surface area contributed by atoms with Gasteiger partial charge in [-0.2, -0.15) is 0 Å². The van der Waals surface area contributed by atoms with Crippen molar-refractivity contribution >= 4 is 40.9 Å². The summed E-state index contributed by atoms with van der Waals surface area (Å²) in [6.07, 6.45) is 3.49. The molecule has 1 N–H and O–H groups in total. The largest absolute Gasteiger partial charge is 0.371 e. The molecule has 2 aliphatic rings. The molecule has 2 saturated heterocycles. The number of nitrogens with zero attached hydrogens (tertiary/aromatic N) is 2. The van der Waals surface area contributed by atoms with Crippen LogP contribution in [0.5, 0.6) is 0 Å². The minimum atomic E-state index is -0.599. The first kappa shape index (κ1) is 16.6. The Morgan fingerprint density at radius 2 is 2.00 bits per heavy atom. The van der Waals surface area contributed by atoms with Gasteiger partial charge in [0.05, 0.1) is 0 Å². The Labute approximate surface area is 145 Å². The van der Waals surface area contributed by atoms with Gasteiger partial charge in [-0.25, -0.2) is 4.39 Å². The van der Waals surface area contributed by atoms with Crippen LogP contribution in [0.4, 0.5) is 10.1 Å². The normalized spacial score (nSPS) is 20.1. The molecule has 0 atom stereocenters. The molecule has 2 fully saturated rings. The molecule has 5 nitrogen and oxygen atoms in total. The molecule has 0 aromatic heterocycles. The topological polar surface area (TPSA) is 52.7 Å². The van der Waals surface area contributed by atoms with Crippen LogP contribution in [0.25, 0.3) is 6.08 Å². The molecule has 1 aromatic carbocycles. The molecule has 0 unspecified atom stereocenters. The smallest absolute Gasteiger partial charge is 0.265 e. The molecule has 0 aliphatic carbocycles. The summed E-state index contributed by atoms with van der Waals surface area (Å²) in [5.74, 6) is -1.56. The van der Waals surface area contributed by atoms with E-state index < -0.39 is 17.6 Å². The van der Waals surface area contributed by atoms with Gasteiger partial charge in [-0.3, -0.25) is 19.8 Å². The van der Waals surface area contributed by atoms with Crippen LogP contribution in [-0.2, 0) is 9.59 Å². The molecule has 3 rings (SSSR count). The van der Waals surface area contributed by atoms with Crippen molar-refractivity contribution in [3.63, 3.8) is 0 Å². The van der Waals surface area contributed by atoms with Crippen molar-refractivity contribution < 1.29 is 14.0 Å². The van der Waals surface area contributed by atoms with E-state index in [0.717, 1.165) is 31.6 Å². The van der Waals surface area contributed by atoms with E-state index in [9.17, 15) is 14.0 Å². The second-order valence-electron chi connectivity index (χ2n) is 5.77. The van der Waals surface area contributed by atoms with Crippen LogP contribution in [0.15, 0.2) is 23.8 Å². The number of likely N-dealkylation sites (N-methyl/N-ethyl adjacent to an activating group) is 1. The predicted octanol–water partition coefficient (Wildman–Crippen LogP) is 2.07. The maximum Gasteiger partial charge on any atom is 0.265 e. The lowest BCUT2D eigenvalue weighted by Gasteiger charge is -2.27. The van der Waals surface area contributed by atoms with E-state index in [1.807, 2.05) is 6.07 Å². The Balaban J connectivity index is 1.91. The number of rotatable bonds is 3. The Hall–Kier alpha value is -2.28. The summed E-state index contributed by atoms with van der Waals surface area (Å²) in [4.78, 5) is 27.8. The highest BCUT2D eigenvalue weighted by Crippen LogP contribution is 2.24. The number of thiocarbonyl (C=S) groups is 1. The third-order valence-corrected chi connectivity index (χ3v) is 4.58. The van der Waals surface area contributed by atoms with E-state index in [1.54, 1.807) is 13.0 Å². The highest BCUT2D eigenvalue weighted by molar-refractivity contribution is 7.80. The SMILES string of the molecule is CCN1C(=O)/C(=C/c2ccc(N3CCCC3)cc2F)C(=O)NC1=S. The lowest BCUT2D eigenvalue weighted by Crippen LogP contribution is -2.53. The maximum atomic E-state index is 14.4. The van der Waals surface area contributed by atoms with Crippen molar-refractivity contribution in [2.45, 2.75) is 19.8 Å². The third-order valence-electron chi connectivity index (χ3n) is 4.26. The number of carbonyl (C=O) groups excluding carboxylic acids is 2. The fraction of sp³-hybridized carbons (Fsp3) is 0.353. The van der Waals surface area contributed by atoms with Gasteiger partial charge in [0.25, 0.3) is 11.8 Å². The first-order valence-corrected chi connectivity index (χ1v) is 8.35. The van der Waals surface area contributed by atoms with Crippen molar-refractivity contribution in [2.24, 2.45) is 0 Å². The van der Waals surface area contributed by atoms with E-state index >= 15 is 0 Å². The number of hydrogen-bond acceptors (Lipinski definition) is 4. The number of anilines is 1. The van der Waals surface area contributed by atoms with Gasteiger partial charge >= 0.3 is 0 Å². The molecule has 0 radical (unpaired) electrons. The second kappa shape index (κ2) is 6.68. The quantitative estimate of drug-likeness (QED) is 0.517. The van der Waals surface area contributed by atoms with Crippen molar-refractivity contribution in [1.82, 2.24) is 10.2 Å². The average molecular weight is 347 g/mol. The molecule has 24 heavy (non-hydrogen) atoms. The zero-order valence-corrected chi connectivity index (χ0v) is 14.2. The van der Waals surface area contributed by atoms with Crippen LogP contribution in [0.3, 0.4) is 0 Å². The van der Waals surface area contributed by atoms with Crippen molar-refractivity contribution in [2.75, 3.05) is 24.5 Å². The van der Waals surface area contributed by atoms with E-state index in [0.29, 0.717) is 6.54 Å². The molecular weight excluding hydrogens is 329 g/mol. The van der Waals surface area contributed by atoms with E-state index in [2.05, 4.69) is 10.2 Å². The standard InChI is InChI=1S/C17H18FN3O2S/c1-2-21-16(23)13(15(22)19-17(21)24)9-11-5-6-12(10-14(11)18)20-7-3-4-8-20/h5-6,9-10H,2-4,7-8H2,1H3,(H,19,22,24)/b13-9+. The lowest BCUT2D eigenvalue weighted by molar-refractivity contribution is -0.128. The summed E-state index contributed by atoms with van der Waals surface area (Å²) in [6, 6.07) is 4.86. The summed E-state index contributed by atoms with van der Waals surface area (Å²) in [7, 11) is 0. The molecule has 1 aromatic rings. The van der Waals surface area contributed by atoms with E-state index in [4.69, 9.17) is 12.2 Å². The summed E-state index contributed by atoms with van der Waals surface area (Å²) in [5.41, 5.74) is 0.918. The van der Waals surface area contributed by atoms with Crippen LogP contribution >= 0.6 is 12.2 Å². The molecule has 0 saturated carbocycles. The molecule has 7 heteroatoms. The first-order chi connectivity index (χ1) is 11.5. The summed E-state index contributed by atoms with van der Waals surface area (Å²) >= 11 is 4.97. The third kappa shape index (κ3) is 3.03. The number of halogens is 1. The zero-order chi connectivity index (χ0) is 17.3. The Morgan fingerprint density at radius 1 is 1.29 bits per heavy atom. The van der Waals surface area contributed by atoms with Gasteiger partial charge < -0.3 is 4.90 Å². The van der Waals surface area contributed by atoms with Crippen molar-refractivity contribution in [1.29, 1.82) is 0 Å². The zero-order valence-electron chi connectivity index (χ0n) is 13.3. The van der Waals surface area contributed by atoms with Gasteiger partial charge in [0.15, 0.2) is 5.11 Å². The van der Waals surface area contributed by atoms with Crippen LogP contribution < -0.4 is 10.2 Å². The summed E-state index contributed by atoms with van der Waals surface area (Å²) in [6.45, 7) is 3.93. The number of amides is 2. The lowest BCUT2D eigenvalue weighted by atomic mass is 10.1. The van der Waals surface area contributed by atoms with Crippen LogP contribution in [0, 0.1) is 5.82 Å². The predicted molar refractivity (Wildman–Crippen MR) is 94.0 cm³/mol.